The molecule has 2 aromatic heterocycles. The third-order valence-electron chi connectivity index (χ3n) is 3.57. The number of furan rings is 1. The zero-order valence-corrected chi connectivity index (χ0v) is 12.1. The van der Waals surface area contributed by atoms with E-state index >= 15 is 0 Å². The summed E-state index contributed by atoms with van der Waals surface area (Å²) in [7, 11) is 0. The maximum Gasteiger partial charge on any atom is 0.272 e. The number of hydrogen-bond donors (Lipinski definition) is 1. The fraction of sp³-hybridized carbons (Fsp3) is 0.333. The minimum atomic E-state index is -0.128. The molecule has 0 fully saturated rings. The molecule has 0 saturated carbocycles. The van der Waals surface area contributed by atoms with Crippen LogP contribution in [0.1, 0.15) is 39.7 Å². The molecule has 0 aliphatic heterocycles. The maximum atomic E-state index is 12.1. The van der Waals surface area contributed by atoms with E-state index < -0.39 is 0 Å². The van der Waals surface area contributed by atoms with Crippen molar-refractivity contribution in [2.75, 3.05) is 0 Å². The van der Waals surface area contributed by atoms with Gasteiger partial charge in [0.15, 0.2) is 0 Å². The Bertz CT molecular complexity index is 628. The lowest BCUT2D eigenvalue weighted by Crippen LogP contribution is -2.20. The molecule has 0 radical (unpaired) electrons. The molecule has 1 atom stereocenters. The van der Waals surface area contributed by atoms with Crippen LogP contribution in [0.25, 0.3) is 0 Å². The standard InChI is InChI=1S/C15H16N2O2S/c1-10-2-3-12-13(9-20-14(12)6-10)15(18)17-16-7-11-4-5-19-8-11/h4-5,7-10H,2-3,6H2,1H3,(H,17,18)/b16-7-/t10-/m0/s1. The summed E-state index contributed by atoms with van der Waals surface area (Å²) >= 11 is 1.69. The molecule has 0 spiro atoms. The first-order valence-electron chi connectivity index (χ1n) is 6.69. The number of rotatable bonds is 3. The first-order valence-corrected chi connectivity index (χ1v) is 7.57. The number of carbonyl (C=O) groups is 1. The third kappa shape index (κ3) is 2.67. The van der Waals surface area contributed by atoms with Gasteiger partial charge in [0.25, 0.3) is 5.91 Å². The Balaban J connectivity index is 1.69. The molecule has 0 unspecified atom stereocenters. The van der Waals surface area contributed by atoms with Crippen molar-refractivity contribution in [1.82, 2.24) is 5.43 Å². The van der Waals surface area contributed by atoms with E-state index in [0.29, 0.717) is 0 Å². The summed E-state index contributed by atoms with van der Waals surface area (Å²) in [5.41, 5.74) is 5.40. The number of hydrazone groups is 1. The molecule has 4 nitrogen and oxygen atoms in total. The maximum absolute atomic E-state index is 12.1. The molecule has 20 heavy (non-hydrogen) atoms. The van der Waals surface area contributed by atoms with Gasteiger partial charge in [0.2, 0.25) is 0 Å². The average molecular weight is 288 g/mol. The van der Waals surface area contributed by atoms with Crippen molar-refractivity contribution in [3.8, 4) is 0 Å². The molecule has 3 rings (SSSR count). The van der Waals surface area contributed by atoms with Crippen LogP contribution in [0.3, 0.4) is 0 Å². The van der Waals surface area contributed by atoms with Gasteiger partial charge in [-0.2, -0.15) is 5.10 Å². The third-order valence-corrected chi connectivity index (χ3v) is 4.62. The highest BCUT2D eigenvalue weighted by Crippen LogP contribution is 2.32. The largest absolute Gasteiger partial charge is 0.472 e. The van der Waals surface area contributed by atoms with Crippen molar-refractivity contribution in [1.29, 1.82) is 0 Å². The van der Waals surface area contributed by atoms with Gasteiger partial charge in [-0.3, -0.25) is 4.79 Å². The van der Waals surface area contributed by atoms with E-state index in [1.54, 1.807) is 36.1 Å². The van der Waals surface area contributed by atoms with Crippen molar-refractivity contribution in [3.63, 3.8) is 0 Å². The minimum absolute atomic E-state index is 0.128. The lowest BCUT2D eigenvalue weighted by atomic mass is 9.88. The van der Waals surface area contributed by atoms with Crippen LogP contribution in [0.4, 0.5) is 0 Å². The molecule has 1 amide bonds. The van der Waals surface area contributed by atoms with Crippen LogP contribution in [0.5, 0.6) is 0 Å². The zero-order chi connectivity index (χ0) is 13.9. The van der Waals surface area contributed by atoms with Gasteiger partial charge in [-0.1, -0.05) is 6.92 Å². The molecule has 2 heterocycles. The summed E-state index contributed by atoms with van der Waals surface area (Å²) in [4.78, 5) is 13.5. The number of nitrogens with zero attached hydrogens (tertiary/aromatic N) is 1. The minimum Gasteiger partial charge on any atom is -0.472 e. The quantitative estimate of drug-likeness (QED) is 0.696. The van der Waals surface area contributed by atoms with Gasteiger partial charge in [0.05, 0.1) is 24.3 Å². The molecule has 104 valence electrons. The van der Waals surface area contributed by atoms with Crippen molar-refractivity contribution in [3.05, 3.63) is 45.5 Å². The van der Waals surface area contributed by atoms with Crippen LogP contribution in [0, 0.1) is 5.92 Å². The molecule has 1 aliphatic carbocycles. The fourth-order valence-electron chi connectivity index (χ4n) is 2.44. The predicted molar refractivity (Wildman–Crippen MR) is 79.3 cm³/mol. The Morgan fingerprint density at radius 2 is 2.50 bits per heavy atom. The zero-order valence-electron chi connectivity index (χ0n) is 11.3. The van der Waals surface area contributed by atoms with Gasteiger partial charge in [-0.05, 0) is 36.8 Å². The van der Waals surface area contributed by atoms with Crippen LogP contribution >= 0.6 is 11.3 Å². The SMILES string of the molecule is C[C@H]1CCc2c(C(=O)N/N=C\c3ccoc3)csc2C1. The second-order valence-corrected chi connectivity index (χ2v) is 6.12. The molecule has 5 heteroatoms. The van der Waals surface area contributed by atoms with Crippen LogP contribution in [0.15, 0.2) is 33.5 Å². The number of hydrogen-bond acceptors (Lipinski definition) is 4. The van der Waals surface area contributed by atoms with Gasteiger partial charge >= 0.3 is 0 Å². The van der Waals surface area contributed by atoms with Gasteiger partial charge in [-0.25, -0.2) is 5.43 Å². The topological polar surface area (TPSA) is 54.6 Å². The Morgan fingerprint density at radius 3 is 3.30 bits per heavy atom. The van der Waals surface area contributed by atoms with E-state index in [2.05, 4.69) is 17.5 Å². The highest BCUT2D eigenvalue weighted by Gasteiger charge is 2.22. The molecule has 2 aromatic rings. The van der Waals surface area contributed by atoms with E-state index in [1.807, 2.05) is 5.38 Å². The highest BCUT2D eigenvalue weighted by atomic mass is 32.1. The first kappa shape index (κ1) is 13.1. The number of thiophene rings is 1. The summed E-state index contributed by atoms with van der Waals surface area (Å²) in [6.07, 6.45) is 7.95. The van der Waals surface area contributed by atoms with Crippen molar-refractivity contribution in [2.24, 2.45) is 11.0 Å². The Kier molecular flexibility index (Phi) is 3.69. The molecule has 0 bridgehead atoms. The predicted octanol–water partition coefficient (Wildman–Crippen LogP) is 3.23. The van der Waals surface area contributed by atoms with Gasteiger partial charge in [-0.15, -0.1) is 11.3 Å². The first-order chi connectivity index (χ1) is 9.74. The van der Waals surface area contributed by atoms with Crippen LogP contribution < -0.4 is 5.43 Å². The number of carbonyl (C=O) groups excluding carboxylic acids is 1. The second-order valence-electron chi connectivity index (χ2n) is 5.15. The number of nitrogens with one attached hydrogen (secondary N) is 1. The Labute approximate surface area is 121 Å². The van der Waals surface area contributed by atoms with Crippen molar-refractivity contribution in [2.45, 2.75) is 26.2 Å². The normalized spacial score (nSPS) is 18.1. The summed E-state index contributed by atoms with van der Waals surface area (Å²) < 4.78 is 4.93. The summed E-state index contributed by atoms with van der Waals surface area (Å²) in [5, 5.41) is 5.90. The monoisotopic (exact) mass is 288 g/mol. The smallest absolute Gasteiger partial charge is 0.272 e. The van der Waals surface area contributed by atoms with E-state index in [9.17, 15) is 4.79 Å². The summed E-state index contributed by atoms with van der Waals surface area (Å²) in [5.74, 6) is 0.591. The molecular formula is C15H16N2O2S. The molecule has 0 aromatic carbocycles. The Hall–Kier alpha value is -1.88. The highest BCUT2D eigenvalue weighted by molar-refractivity contribution is 7.10. The van der Waals surface area contributed by atoms with Gasteiger partial charge in [0.1, 0.15) is 0 Å². The average Bonchev–Trinajstić information content (AvgIpc) is 3.07. The van der Waals surface area contributed by atoms with Crippen molar-refractivity contribution >= 4 is 23.5 Å². The molecule has 1 aliphatic rings. The van der Waals surface area contributed by atoms with E-state index in [4.69, 9.17) is 4.42 Å². The summed E-state index contributed by atoms with van der Waals surface area (Å²) in [6.45, 7) is 2.26. The van der Waals surface area contributed by atoms with Gasteiger partial charge in [0, 0.05) is 15.8 Å². The van der Waals surface area contributed by atoms with Crippen LogP contribution in [-0.4, -0.2) is 12.1 Å². The molecule has 1 N–H and O–H groups in total. The lowest BCUT2D eigenvalue weighted by molar-refractivity contribution is 0.0954. The van der Waals surface area contributed by atoms with Crippen LogP contribution in [0.2, 0.25) is 0 Å². The van der Waals surface area contributed by atoms with E-state index in [0.717, 1.165) is 36.3 Å². The lowest BCUT2D eigenvalue weighted by Gasteiger charge is -2.18. The van der Waals surface area contributed by atoms with E-state index in [1.165, 1.54) is 10.4 Å². The summed E-state index contributed by atoms with van der Waals surface area (Å²) in [6, 6.07) is 1.78. The van der Waals surface area contributed by atoms with E-state index in [-0.39, 0.29) is 5.91 Å². The van der Waals surface area contributed by atoms with Crippen LogP contribution in [-0.2, 0) is 12.8 Å². The number of fused-ring (bicyclic) bond motifs is 1. The number of amides is 1. The molecule has 0 saturated heterocycles. The van der Waals surface area contributed by atoms with Gasteiger partial charge < -0.3 is 4.42 Å². The molecular weight excluding hydrogens is 272 g/mol. The fourth-order valence-corrected chi connectivity index (χ4v) is 3.69. The second kappa shape index (κ2) is 5.63. The Morgan fingerprint density at radius 1 is 1.60 bits per heavy atom. The van der Waals surface area contributed by atoms with Crippen molar-refractivity contribution < 1.29 is 9.21 Å².